The molecule has 0 bridgehead atoms. The number of carbonyl (C=O) groups excluding carboxylic acids is 2. The highest BCUT2D eigenvalue weighted by Crippen LogP contribution is 2.23. The van der Waals surface area contributed by atoms with Crippen LogP contribution in [0.1, 0.15) is 62.8 Å². The number of piperidine rings is 2. The number of hydrogen-bond acceptors (Lipinski definition) is 8. The van der Waals surface area contributed by atoms with Crippen LogP contribution in [0, 0.1) is 23.5 Å². The highest BCUT2D eigenvalue weighted by atomic mass is 19.1. The van der Waals surface area contributed by atoms with Gasteiger partial charge in [-0.3, -0.25) is 9.80 Å². The van der Waals surface area contributed by atoms with Crippen LogP contribution >= 0.6 is 0 Å². The lowest BCUT2D eigenvalue weighted by Crippen LogP contribution is -2.53. The molecule has 4 aromatic carbocycles. The Hall–Kier alpha value is -5.34. The molecule has 2 amide bonds. The largest absolute Gasteiger partial charge is 0.493 e. The van der Waals surface area contributed by atoms with E-state index in [1.54, 1.807) is 24.3 Å². The second-order valence-electron chi connectivity index (χ2n) is 17.1. The summed E-state index contributed by atoms with van der Waals surface area (Å²) in [6, 6.07) is 26.0. The van der Waals surface area contributed by atoms with Crippen molar-refractivity contribution in [3.8, 4) is 11.5 Å². The Morgan fingerprint density at radius 3 is 1.23 bits per heavy atom. The number of benzene rings is 4. The average molecular weight is 893 g/mol. The Morgan fingerprint density at radius 1 is 0.562 bits per heavy atom. The van der Waals surface area contributed by atoms with Crippen LogP contribution in [0.2, 0.25) is 0 Å². The molecule has 6 rings (SSSR count). The summed E-state index contributed by atoms with van der Waals surface area (Å²) < 4.78 is 78.0. The minimum Gasteiger partial charge on any atom is -0.493 e. The van der Waals surface area contributed by atoms with Crippen molar-refractivity contribution in [2.75, 3.05) is 52.6 Å². The number of carbonyl (C=O) groups is 2. The van der Waals surface area contributed by atoms with E-state index in [4.69, 9.17) is 18.9 Å². The normalized spacial score (nSPS) is 18.4. The van der Waals surface area contributed by atoms with Crippen LogP contribution in [-0.2, 0) is 35.4 Å². The lowest BCUT2D eigenvalue weighted by atomic mass is 10.0. The monoisotopic (exact) mass is 892 g/mol. The van der Waals surface area contributed by atoms with E-state index in [0.717, 1.165) is 33.8 Å². The number of amides is 2. The molecule has 0 spiro atoms. The van der Waals surface area contributed by atoms with Crippen LogP contribution in [-0.4, -0.2) is 99.0 Å². The van der Waals surface area contributed by atoms with Crippen molar-refractivity contribution < 1.29 is 46.1 Å². The Labute approximate surface area is 375 Å². The fourth-order valence-corrected chi connectivity index (χ4v) is 7.23. The minimum atomic E-state index is -1.19. The number of hydrogen-bond donors (Lipinski definition) is 2. The predicted molar refractivity (Wildman–Crippen MR) is 240 cm³/mol. The molecule has 0 saturated carbocycles. The number of halogens is 4. The molecule has 0 radical (unpaired) electrons. The first kappa shape index (κ1) is 49.7. The summed E-state index contributed by atoms with van der Waals surface area (Å²) in [5, 5.41) is 6.00. The van der Waals surface area contributed by atoms with Crippen molar-refractivity contribution in [3.63, 3.8) is 0 Å². The summed E-state index contributed by atoms with van der Waals surface area (Å²) in [5.74, 6) is 1.82. The number of nitrogens with zero attached hydrogens (tertiary/aromatic N) is 2. The summed E-state index contributed by atoms with van der Waals surface area (Å²) in [6.07, 6.45) is -1.39. The van der Waals surface area contributed by atoms with Crippen LogP contribution in [0.3, 0.4) is 0 Å². The third-order valence-electron chi connectivity index (χ3n) is 10.8. The van der Waals surface area contributed by atoms with Gasteiger partial charge in [-0.25, -0.2) is 27.2 Å². The van der Waals surface area contributed by atoms with Crippen molar-refractivity contribution in [1.29, 1.82) is 0 Å². The van der Waals surface area contributed by atoms with Gasteiger partial charge in [-0.2, -0.15) is 0 Å². The van der Waals surface area contributed by atoms with Crippen LogP contribution < -0.4 is 20.1 Å². The standard InChI is InChI=1S/2C25H32F2N2O3/c2*1-18(2)17-32-22-9-5-19(6-10-22)12-14-31-25(30)29(24-11-13-28-15-23(24)27)16-20-3-7-21(26)8-4-20/h2*3-10,18,23-24,28H,11-17H2,1-2H3/t2*23-,24+/m10/s1. The third-order valence-corrected chi connectivity index (χ3v) is 10.8. The Morgan fingerprint density at radius 2 is 0.906 bits per heavy atom. The molecule has 4 aromatic rings. The van der Waals surface area contributed by atoms with Crippen LogP contribution in [0.4, 0.5) is 27.2 Å². The van der Waals surface area contributed by atoms with Gasteiger partial charge in [-0.1, -0.05) is 76.2 Å². The molecule has 348 valence electrons. The first-order valence-electron chi connectivity index (χ1n) is 22.3. The SMILES string of the molecule is CC(C)COc1ccc(CCOC(=O)N(Cc2ccc(F)cc2)[C@@H]2CCNC[C@@H]2F)cc1.CC(C)COc1ccc(CCOC(=O)N(Cc2ccc(F)cc2)[C@H]2CCNC[C@H]2F)cc1. The number of ether oxygens (including phenoxy) is 4. The molecule has 64 heavy (non-hydrogen) atoms. The van der Waals surface area contributed by atoms with E-state index in [2.05, 4.69) is 38.3 Å². The molecule has 4 atom stereocenters. The van der Waals surface area contributed by atoms with Gasteiger partial charge in [-0.05, 0) is 109 Å². The highest BCUT2D eigenvalue weighted by molar-refractivity contribution is 5.69. The molecule has 0 aliphatic carbocycles. The van der Waals surface area contributed by atoms with Gasteiger partial charge < -0.3 is 29.6 Å². The van der Waals surface area contributed by atoms with E-state index in [-0.39, 0.29) is 51.0 Å². The Kier molecular flexibility index (Phi) is 20.0. The lowest BCUT2D eigenvalue weighted by Gasteiger charge is -2.36. The lowest BCUT2D eigenvalue weighted by molar-refractivity contribution is 0.0481. The predicted octanol–water partition coefficient (Wildman–Crippen LogP) is 9.48. The molecule has 10 nitrogen and oxygen atoms in total. The molecule has 2 heterocycles. The fraction of sp³-hybridized carbons (Fsp3) is 0.480. The molecular weight excluding hydrogens is 829 g/mol. The second-order valence-corrected chi connectivity index (χ2v) is 17.1. The highest BCUT2D eigenvalue weighted by Gasteiger charge is 2.35. The number of rotatable bonds is 18. The topological polar surface area (TPSA) is 102 Å². The van der Waals surface area contributed by atoms with E-state index in [1.807, 2.05) is 48.5 Å². The first-order chi connectivity index (χ1) is 30.8. The van der Waals surface area contributed by atoms with Gasteiger partial charge in [0.1, 0.15) is 35.5 Å². The van der Waals surface area contributed by atoms with Crippen LogP contribution in [0.5, 0.6) is 11.5 Å². The van der Waals surface area contributed by atoms with Gasteiger partial charge in [0.15, 0.2) is 0 Å². The molecule has 2 saturated heterocycles. The number of alkyl halides is 2. The van der Waals surface area contributed by atoms with Gasteiger partial charge in [0.05, 0.1) is 38.5 Å². The molecule has 2 N–H and O–H groups in total. The molecule has 14 heteroatoms. The zero-order chi connectivity index (χ0) is 45.8. The second kappa shape index (κ2) is 25.8. The summed E-state index contributed by atoms with van der Waals surface area (Å²) >= 11 is 0. The van der Waals surface area contributed by atoms with Gasteiger partial charge >= 0.3 is 12.2 Å². The Balaban J connectivity index is 0.000000241. The maximum atomic E-state index is 14.6. The van der Waals surface area contributed by atoms with Crippen molar-refractivity contribution >= 4 is 12.2 Å². The van der Waals surface area contributed by atoms with E-state index >= 15 is 0 Å². The van der Waals surface area contributed by atoms with Crippen molar-refractivity contribution in [3.05, 3.63) is 131 Å². The summed E-state index contributed by atoms with van der Waals surface area (Å²) in [4.78, 5) is 28.6. The smallest absolute Gasteiger partial charge is 0.410 e. The van der Waals surface area contributed by atoms with E-state index < -0.39 is 36.6 Å². The minimum absolute atomic E-state index is 0.173. The molecule has 0 aromatic heterocycles. The van der Waals surface area contributed by atoms with Gasteiger partial charge in [0.25, 0.3) is 0 Å². The van der Waals surface area contributed by atoms with E-state index in [1.165, 1.54) is 34.1 Å². The van der Waals surface area contributed by atoms with E-state index in [9.17, 15) is 27.2 Å². The quantitative estimate of drug-likeness (QED) is 0.0954. The Bertz CT molecular complexity index is 1830. The first-order valence-corrected chi connectivity index (χ1v) is 22.3. The zero-order valence-corrected chi connectivity index (χ0v) is 37.5. The molecule has 2 fully saturated rings. The van der Waals surface area contributed by atoms with E-state index in [0.29, 0.717) is 63.8 Å². The molecule has 2 aliphatic rings. The fourth-order valence-electron chi connectivity index (χ4n) is 7.23. The van der Waals surface area contributed by atoms with Crippen molar-refractivity contribution in [2.24, 2.45) is 11.8 Å². The molecular formula is C50H64F4N4O6. The maximum Gasteiger partial charge on any atom is 0.410 e. The molecule has 2 aliphatic heterocycles. The van der Waals surface area contributed by atoms with Gasteiger partial charge in [0, 0.05) is 39.0 Å². The summed E-state index contributed by atoms with van der Waals surface area (Å²) in [7, 11) is 0. The van der Waals surface area contributed by atoms with Crippen LogP contribution in [0.15, 0.2) is 97.1 Å². The van der Waals surface area contributed by atoms with Crippen LogP contribution in [0.25, 0.3) is 0 Å². The number of nitrogens with one attached hydrogen (secondary N) is 2. The summed E-state index contributed by atoms with van der Waals surface area (Å²) in [6.45, 7) is 12.1. The zero-order valence-electron chi connectivity index (χ0n) is 37.5. The molecule has 0 unspecified atom stereocenters. The van der Waals surface area contributed by atoms with Gasteiger partial charge in [0.2, 0.25) is 0 Å². The van der Waals surface area contributed by atoms with Gasteiger partial charge in [-0.15, -0.1) is 0 Å². The summed E-state index contributed by atoms with van der Waals surface area (Å²) in [5.41, 5.74) is 3.49. The average Bonchev–Trinajstić information content (AvgIpc) is 3.29. The van der Waals surface area contributed by atoms with Crippen molar-refractivity contribution in [2.45, 2.75) is 90.9 Å². The maximum absolute atomic E-state index is 14.6. The third kappa shape index (κ3) is 16.7. The van der Waals surface area contributed by atoms with Crippen molar-refractivity contribution in [1.82, 2.24) is 20.4 Å².